The molecule has 0 fully saturated rings. The van der Waals surface area contributed by atoms with E-state index in [-0.39, 0.29) is 0 Å². The van der Waals surface area contributed by atoms with Gasteiger partial charge in [-0.3, -0.25) is 0 Å². The van der Waals surface area contributed by atoms with Gasteiger partial charge in [0.15, 0.2) is 0 Å². The van der Waals surface area contributed by atoms with E-state index < -0.39 is 0 Å². The van der Waals surface area contributed by atoms with Gasteiger partial charge in [0.1, 0.15) is 0 Å². The van der Waals surface area contributed by atoms with Gasteiger partial charge < -0.3 is 4.90 Å². The molecule has 0 saturated carbocycles. The monoisotopic (exact) mass is 185 g/mol. The molecule has 0 atom stereocenters. The summed E-state index contributed by atoms with van der Waals surface area (Å²) in [5, 5.41) is 0. The van der Waals surface area contributed by atoms with Gasteiger partial charge in [-0.2, -0.15) is 0 Å². The number of rotatable bonds is 1. The Labute approximate surface area is 85.7 Å². The highest BCUT2D eigenvalue weighted by Gasteiger charge is 2.06. The van der Waals surface area contributed by atoms with Crippen LogP contribution in [0.25, 0.3) is 0 Å². The van der Waals surface area contributed by atoms with Crippen molar-refractivity contribution in [3.63, 3.8) is 0 Å². The van der Waals surface area contributed by atoms with Gasteiger partial charge in [-0.25, -0.2) is 0 Å². The average Bonchev–Trinajstić information content (AvgIpc) is 2.45. The highest BCUT2D eigenvalue weighted by atomic mass is 15.1. The van der Waals surface area contributed by atoms with E-state index in [1.54, 1.807) is 0 Å². The van der Waals surface area contributed by atoms with Crippen LogP contribution >= 0.6 is 0 Å². The van der Waals surface area contributed by atoms with Crippen molar-refractivity contribution in [2.24, 2.45) is 0 Å². The molecular formula is C13H15N. The molecule has 1 nitrogen and oxygen atoms in total. The fraction of sp³-hybridized carbons (Fsp3) is 0.385. The largest absolute Gasteiger partial charge is 0.370 e. The minimum Gasteiger partial charge on any atom is -0.370 e. The van der Waals surface area contributed by atoms with Crippen molar-refractivity contribution in [2.45, 2.75) is 19.8 Å². The van der Waals surface area contributed by atoms with E-state index in [4.69, 9.17) is 0 Å². The molecule has 1 heteroatoms. The lowest BCUT2D eigenvalue weighted by Crippen LogP contribution is -2.24. The number of anilines is 1. The number of hydrogen-bond acceptors (Lipinski definition) is 1. The van der Waals surface area contributed by atoms with Crippen molar-refractivity contribution in [3.8, 4) is 11.8 Å². The van der Waals surface area contributed by atoms with Crippen LogP contribution in [0.2, 0.25) is 0 Å². The molecule has 1 aliphatic heterocycles. The molecule has 0 saturated heterocycles. The summed E-state index contributed by atoms with van der Waals surface area (Å²) in [7, 11) is 0. The van der Waals surface area contributed by atoms with Crippen LogP contribution in [0, 0.1) is 18.8 Å². The fourth-order valence-corrected chi connectivity index (χ4v) is 1.75. The Hall–Kier alpha value is -1.42. The maximum absolute atomic E-state index is 3.17. The SMILES string of the molecule is Cc1cccc(N2CCC#CCC2)c1. The zero-order valence-electron chi connectivity index (χ0n) is 8.59. The van der Waals surface area contributed by atoms with Crippen molar-refractivity contribution in [1.82, 2.24) is 0 Å². The van der Waals surface area contributed by atoms with E-state index in [9.17, 15) is 0 Å². The first kappa shape index (κ1) is 9.15. The summed E-state index contributed by atoms with van der Waals surface area (Å²) in [6.07, 6.45) is 1.99. The lowest BCUT2D eigenvalue weighted by molar-refractivity contribution is 0.816. The molecule has 0 aliphatic carbocycles. The molecule has 72 valence electrons. The molecule has 14 heavy (non-hydrogen) atoms. The second kappa shape index (κ2) is 4.19. The number of nitrogens with zero attached hydrogens (tertiary/aromatic N) is 1. The molecule has 2 rings (SSSR count). The zero-order valence-corrected chi connectivity index (χ0v) is 8.59. The van der Waals surface area contributed by atoms with Gasteiger partial charge in [-0.15, -0.1) is 11.8 Å². The van der Waals surface area contributed by atoms with Gasteiger partial charge in [0.2, 0.25) is 0 Å². The number of benzene rings is 1. The highest BCUT2D eigenvalue weighted by Crippen LogP contribution is 2.17. The lowest BCUT2D eigenvalue weighted by Gasteiger charge is -2.22. The van der Waals surface area contributed by atoms with Crippen molar-refractivity contribution < 1.29 is 0 Å². The van der Waals surface area contributed by atoms with Gasteiger partial charge >= 0.3 is 0 Å². The summed E-state index contributed by atoms with van der Waals surface area (Å²) in [5.74, 6) is 6.34. The first-order valence-corrected chi connectivity index (χ1v) is 5.13. The van der Waals surface area contributed by atoms with Gasteiger partial charge in [0.05, 0.1) is 0 Å². The summed E-state index contributed by atoms with van der Waals surface area (Å²) in [4.78, 5) is 2.40. The van der Waals surface area contributed by atoms with Crippen LogP contribution in [0.15, 0.2) is 24.3 Å². The molecule has 0 bridgehead atoms. The minimum atomic E-state index is 0.994. The smallest absolute Gasteiger partial charge is 0.0369 e. The summed E-state index contributed by atoms with van der Waals surface area (Å²) >= 11 is 0. The Bertz CT molecular complexity index is 358. The molecule has 0 aromatic heterocycles. The molecule has 0 amide bonds. The second-order valence-electron chi connectivity index (χ2n) is 3.68. The predicted molar refractivity (Wildman–Crippen MR) is 60.4 cm³/mol. The van der Waals surface area contributed by atoms with Crippen molar-refractivity contribution in [3.05, 3.63) is 29.8 Å². The summed E-state index contributed by atoms with van der Waals surface area (Å²) < 4.78 is 0. The number of hydrogen-bond donors (Lipinski definition) is 0. The van der Waals surface area contributed by atoms with E-state index in [0.717, 1.165) is 25.9 Å². The van der Waals surface area contributed by atoms with Gasteiger partial charge in [0.25, 0.3) is 0 Å². The lowest BCUT2D eigenvalue weighted by atomic mass is 10.2. The average molecular weight is 185 g/mol. The molecule has 0 unspecified atom stereocenters. The maximum Gasteiger partial charge on any atom is 0.0369 e. The van der Waals surface area contributed by atoms with Gasteiger partial charge in [0, 0.05) is 31.6 Å². The zero-order chi connectivity index (χ0) is 9.80. The third-order valence-electron chi connectivity index (χ3n) is 2.51. The van der Waals surface area contributed by atoms with Crippen LogP contribution in [0.4, 0.5) is 5.69 Å². The fourth-order valence-electron chi connectivity index (χ4n) is 1.75. The quantitative estimate of drug-likeness (QED) is 0.608. The summed E-state index contributed by atoms with van der Waals surface area (Å²) in [5.41, 5.74) is 2.66. The second-order valence-corrected chi connectivity index (χ2v) is 3.68. The van der Waals surface area contributed by atoms with E-state index in [1.807, 2.05) is 0 Å². The minimum absolute atomic E-state index is 0.994. The standard InChI is InChI=1S/C13H15N/c1-12-7-6-8-13(11-12)14-9-4-2-3-5-10-14/h6-8,11H,4-5,9-10H2,1H3. The van der Waals surface area contributed by atoms with E-state index in [0.29, 0.717) is 0 Å². The Morgan fingerprint density at radius 1 is 1.14 bits per heavy atom. The Morgan fingerprint density at radius 2 is 1.86 bits per heavy atom. The molecule has 1 aliphatic rings. The molecule has 0 spiro atoms. The topological polar surface area (TPSA) is 3.24 Å². The number of aryl methyl sites for hydroxylation is 1. The molecule has 1 heterocycles. The molecular weight excluding hydrogens is 170 g/mol. The maximum atomic E-state index is 3.17. The highest BCUT2D eigenvalue weighted by molar-refractivity contribution is 5.48. The Kier molecular flexibility index (Phi) is 2.74. The molecule has 1 aromatic carbocycles. The van der Waals surface area contributed by atoms with Crippen molar-refractivity contribution in [2.75, 3.05) is 18.0 Å². The van der Waals surface area contributed by atoms with E-state index >= 15 is 0 Å². The van der Waals surface area contributed by atoms with Crippen LogP contribution in [0.3, 0.4) is 0 Å². The van der Waals surface area contributed by atoms with Crippen molar-refractivity contribution in [1.29, 1.82) is 0 Å². The Morgan fingerprint density at radius 3 is 2.50 bits per heavy atom. The first-order valence-electron chi connectivity index (χ1n) is 5.13. The van der Waals surface area contributed by atoms with Crippen molar-refractivity contribution >= 4 is 5.69 Å². The summed E-state index contributed by atoms with van der Waals surface area (Å²) in [6.45, 7) is 4.27. The third-order valence-corrected chi connectivity index (χ3v) is 2.51. The molecule has 1 aromatic rings. The van der Waals surface area contributed by atoms with Crippen LogP contribution in [0.1, 0.15) is 18.4 Å². The van der Waals surface area contributed by atoms with Crippen LogP contribution < -0.4 is 4.90 Å². The van der Waals surface area contributed by atoms with Crippen LogP contribution in [0.5, 0.6) is 0 Å². The van der Waals surface area contributed by atoms with E-state index in [1.165, 1.54) is 11.3 Å². The predicted octanol–water partition coefficient (Wildman–Crippen LogP) is 2.60. The van der Waals surface area contributed by atoms with Gasteiger partial charge in [-0.1, -0.05) is 12.1 Å². The van der Waals surface area contributed by atoms with E-state index in [2.05, 4.69) is 47.9 Å². The molecule has 0 N–H and O–H groups in total. The van der Waals surface area contributed by atoms with Crippen LogP contribution in [-0.4, -0.2) is 13.1 Å². The molecule has 0 radical (unpaired) electrons. The summed E-state index contributed by atoms with van der Waals surface area (Å²) in [6, 6.07) is 8.68. The van der Waals surface area contributed by atoms with Crippen LogP contribution in [-0.2, 0) is 0 Å². The first-order chi connectivity index (χ1) is 6.86. The Balaban J connectivity index is 2.14. The van der Waals surface area contributed by atoms with Gasteiger partial charge in [-0.05, 0) is 24.6 Å². The third kappa shape index (κ3) is 2.09. The normalized spacial score (nSPS) is 15.6.